The zero-order valence-electron chi connectivity index (χ0n) is 15.9. The predicted octanol–water partition coefficient (Wildman–Crippen LogP) is 2.52. The third-order valence-electron chi connectivity index (χ3n) is 6.69. The van der Waals surface area contributed by atoms with E-state index in [2.05, 4.69) is 5.32 Å². The molecule has 8 nitrogen and oxygen atoms in total. The number of nitrogens with zero attached hydrogens (tertiary/aromatic N) is 2. The van der Waals surface area contributed by atoms with Crippen LogP contribution in [0, 0.1) is 27.9 Å². The molecule has 0 spiro atoms. The van der Waals surface area contributed by atoms with Crippen LogP contribution in [0.5, 0.6) is 0 Å². The van der Waals surface area contributed by atoms with E-state index in [1.54, 1.807) is 0 Å². The third-order valence-corrected chi connectivity index (χ3v) is 6.69. The Hall–Kier alpha value is -2.77. The van der Waals surface area contributed by atoms with Crippen molar-refractivity contribution in [2.45, 2.75) is 51.6 Å². The number of hydrogen-bond acceptors (Lipinski definition) is 5. The van der Waals surface area contributed by atoms with Crippen molar-refractivity contribution in [2.75, 3.05) is 0 Å². The molecule has 3 amide bonds. The lowest BCUT2D eigenvalue weighted by molar-refractivity contribution is -0.385. The molecule has 0 radical (unpaired) electrons. The van der Waals surface area contributed by atoms with Crippen molar-refractivity contribution in [2.24, 2.45) is 17.8 Å². The van der Waals surface area contributed by atoms with Gasteiger partial charge in [0.05, 0.1) is 10.5 Å². The number of nitro groups is 1. The lowest BCUT2D eigenvalue weighted by atomic mass is 9.84. The molecule has 2 fully saturated rings. The lowest BCUT2D eigenvalue weighted by Gasteiger charge is -2.30. The minimum atomic E-state index is -1.03. The highest BCUT2D eigenvalue weighted by Gasteiger charge is 2.46. The molecule has 3 aliphatic rings. The summed E-state index contributed by atoms with van der Waals surface area (Å²) >= 11 is 0. The third kappa shape index (κ3) is 2.78. The van der Waals surface area contributed by atoms with Gasteiger partial charge in [-0.15, -0.1) is 0 Å². The van der Waals surface area contributed by atoms with E-state index in [0.717, 1.165) is 17.2 Å². The molecule has 1 aromatic rings. The van der Waals surface area contributed by atoms with Gasteiger partial charge < -0.3 is 5.32 Å². The Labute approximate surface area is 162 Å². The van der Waals surface area contributed by atoms with E-state index in [-0.39, 0.29) is 17.2 Å². The van der Waals surface area contributed by atoms with Gasteiger partial charge in [-0.05, 0) is 56.9 Å². The first-order valence-corrected chi connectivity index (χ1v) is 9.75. The summed E-state index contributed by atoms with van der Waals surface area (Å²) in [5.74, 6) is -0.0480. The Morgan fingerprint density at radius 2 is 1.96 bits per heavy atom. The molecule has 8 heteroatoms. The molecular formula is C20H23N3O5. The Morgan fingerprint density at radius 1 is 1.21 bits per heavy atom. The summed E-state index contributed by atoms with van der Waals surface area (Å²) in [6.07, 6.45) is 4.81. The molecular weight excluding hydrogens is 362 g/mol. The van der Waals surface area contributed by atoms with Crippen molar-refractivity contribution in [1.82, 2.24) is 10.2 Å². The Bertz CT molecular complexity index is 883. The van der Waals surface area contributed by atoms with Gasteiger partial charge in [0.1, 0.15) is 11.6 Å². The van der Waals surface area contributed by atoms with E-state index in [9.17, 15) is 24.5 Å². The Kier molecular flexibility index (Phi) is 4.44. The molecule has 2 bridgehead atoms. The molecule has 1 aliphatic heterocycles. The molecule has 148 valence electrons. The number of nitrogens with one attached hydrogen (secondary N) is 1. The molecule has 1 heterocycles. The van der Waals surface area contributed by atoms with Crippen molar-refractivity contribution in [3.63, 3.8) is 0 Å². The average Bonchev–Trinajstić information content (AvgIpc) is 3.35. The second kappa shape index (κ2) is 6.68. The molecule has 0 aromatic heterocycles. The minimum absolute atomic E-state index is 0.0278. The fourth-order valence-electron chi connectivity index (χ4n) is 5.27. The highest BCUT2D eigenvalue weighted by Crippen LogP contribution is 2.49. The van der Waals surface area contributed by atoms with Gasteiger partial charge in [-0.1, -0.05) is 12.5 Å². The highest BCUT2D eigenvalue weighted by molar-refractivity contribution is 6.24. The van der Waals surface area contributed by atoms with Crippen LogP contribution in [0.1, 0.15) is 60.2 Å². The second-order valence-corrected chi connectivity index (χ2v) is 8.25. The summed E-state index contributed by atoms with van der Waals surface area (Å²) in [5.41, 5.74) is -0.681. The largest absolute Gasteiger partial charge is 0.352 e. The standard InChI is InChI=1S/C20H23N3O5/c1-10(15-9-12-6-7-13(15)8-12)21-18(24)11(2)22-19(25)14-4-3-5-16(23(27)28)17(14)20(22)26/h3-5,10-13,15H,6-9H2,1-2H3,(H,21,24)/t10-,11+,12-,13-,15-/m0/s1. The molecule has 2 saturated carbocycles. The number of benzene rings is 1. The fraction of sp³-hybridized carbons (Fsp3) is 0.550. The number of carbonyl (C=O) groups excluding carboxylic acids is 3. The molecule has 1 N–H and O–H groups in total. The number of carbonyl (C=O) groups is 3. The normalized spacial score (nSPS) is 27.6. The number of rotatable bonds is 5. The van der Waals surface area contributed by atoms with Crippen molar-refractivity contribution in [3.05, 3.63) is 39.4 Å². The summed E-state index contributed by atoms with van der Waals surface area (Å²) in [5, 5.41) is 14.2. The van der Waals surface area contributed by atoms with E-state index >= 15 is 0 Å². The van der Waals surface area contributed by atoms with Crippen molar-refractivity contribution in [1.29, 1.82) is 0 Å². The summed E-state index contributed by atoms with van der Waals surface area (Å²) in [6, 6.07) is 2.87. The monoisotopic (exact) mass is 385 g/mol. The van der Waals surface area contributed by atoms with Crippen LogP contribution in [-0.2, 0) is 4.79 Å². The zero-order chi connectivity index (χ0) is 20.2. The topological polar surface area (TPSA) is 110 Å². The van der Waals surface area contributed by atoms with Crippen LogP contribution in [0.4, 0.5) is 5.69 Å². The van der Waals surface area contributed by atoms with E-state index in [1.165, 1.54) is 44.4 Å². The van der Waals surface area contributed by atoms with Crippen molar-refractivity contribution >= 4 is 23.4 Å². The lowest BCUT2D eigenvalue weighted by Crippen LogP contribution is -2.51. The van der Waals surface area contributed by atoms with Crippen molar-refractivity contribution < 1.29 is 19.3 Å². The van der Waals surface area contributed by atoms with Crippen molar-refractivity contribution in [3.8, 4) is 0 Å². The van der Waals surface area contributed by atoms with E-state index in [0.29, 0.717) is 11.8 Å². The minimum Gasteiger partial charge on any atom is -0.352 e. The molecule has 4 rings (SSSR count). The van der Waals surface area contributed by atoms with E-state index in [1.807, 2.05) is 6.92 Å². The van der Waals surface area contributed by atoms with Crippen LogP contribution in [-0.4, -0.2) is 39.6 Å². The smallest absolute Gasteiger partial charge is 0.282 e. The first kappa shape index (κ1) is 18.6. The van der Waals surface area contributed by atoms with Gasteiger partial charge in [0.2, 0.25) is 5.91 Å². The maximum atomic E-state index is 12.8. The first-order chi connectivity index (χ1) is 13.3. The molecule has 0 saturated heterocycles. The fourth-order valence-corrected chi connectivity index (χ4v) is 5.27. The van der Waals surface area contributed by atoms with Gasteiger partial charge >= 0.3 is 0 Å². The van der Waals surface area contributed by atoms with Crippen LogP contribution >= 0.6 is 0 Å². The van der Waals surface area contributed by atoms with Crippen LogP contribution in [0.15, 0.2) is 18.2 Å². The first-order valence-electron chi connectivity index (χ1n) is 9.75. The Morgan fingerprint density at radius 3 is 2.57 bits per heavy atom. The van der Waals surface area contributed by atoms with Crippen LogP contribution < -0.4 is 5.32 Å². The van der Waals surface area contributed by atoms with Gasteiger partial charge in [-0.2, -0.15) is 0 Å². The Balaban J connectivity index is 1.50. The van der Waals surface area contributed by atoms with Gasteiger partial charge in [0, 0.05) is 12.1 Å². The molecule has 2 aliphatic carbocycles. The average molecular weight is 385 g/mol. The number of fused-ring (bicyclic) bond motifs is 3. The summed E-state index contributed by atoms with van der Waals surface area (Å²) < 4.78 is 0. The van der Waals surface area contributed by atoms with Crippen LogP contribution in [0.3, 0.4) is 0 Å². The van der Waals surface area contributed by atoms with E-state index < -0.39 is 34.4 Å². The predicted molar refractivity (Wildman–Crippen MR) is 99.6 cm³/mol. The van der Waals surface area contributed by atoms with Gasteiger partial charge in [-0.3, -0.25) is 29.4 Å². The SMILES string of the molecule is C[C@H](NC(=O)[C@@H](C)N1C(=O)c2cccc([N+](=O)[O-])c2C1=O)[C@@H]1C[C@H]2CC[C@H]1C2. The van der Waals surface area contributed by atoms with Gasteiger partial charge in [0.15, 0.2) is 0 Å². The number of nitro benzene ring substituents is 1. The zero-order valence-corrected chi connectivity index (χ0v) is 15.9. The summed E-state index contributed by atoms with van der Waals surface area (Å²) in [6.45, 7) is 3.46. The second-order valence-electron chi connectivity index (χ2n) is 8.25. The number of imide groups is 1. The van der Waals surface area contributed by atoms with E-state index in [4.69, 9.17) is 0 Å². The quantitative estimate of drug-likeness (QED) is 0.476. The molecule has 28 heavy (non-hydrogen) atoms. The maximum absolute atomic E-state index is 12.8. The highest BCUT2D eigenvalue weighted by atomic mass is 16.6. The molecule has 5 atom stereocenters. The van der Waals surface area contributed by atoms with Gasteiger partial charge in [0.25, 0.3) is 17.5 Å². The van der Waals surface area contributed by atoms with Crippen LogP contribution in [0.25, 0.3) is 0 Å². The van der Waals surface area contributed by atoms with Gasteiger partial charge in [-0.25, -0.2) is 0 Å². The summed E-state index contributed by atoms with van der Waals surface area (Å²) in [7, 11) is 0. The summed E-state index contributed by atoms with van der Waals surface area (Å²) in [4.78, 5) is 49.6. The van der Waals surface area contributed by atoms with Crippen LogP contribution in [0.2, 0.25) is 0 Å². The molecule has 0 unspecified atom stereocenters. The number of hydrogen-bond donors (Lipinski definition) is 1. The number of amides is 3. The maximum Gasteiger partial charge on any atom is 0.282 e. The molecule has 1 aromatic carbocycles.